The summed E-state index contributed by atoms with van der Waals surface area (Å²) in [5, 5.41) is 2.08. The molecule has 11 rings (SSSR count). The quantitative estimate of drug-likeness (QED) is 0.142. The average Bonchev–Trinajstić information content (AvgIpc) is 3.74. The van der Waals surface area contributed by atoms with Crippen LogP contribution in [0.15, 0.2) is 205 Å². The largest absolute Gasteiger partial charge is 3.00 e. The van der Waals surface area contributed by atoms with Crippen LogP contribution in [0.1, 0.15) is 32.0 Å². The smallest absolute Gasteiger partial charge is 0.486 e. The summed E-state index contributed by atoms with van der Waals surface area (Å²) in [6.07, 6.45) is 6.57. The van der Waals surface area contributed by atoms with Gasteiger partial charge in [-0.1, -0.05) is 134 Å². The van der Waals surface area contributed by atoms with Crippen LogP contribution in [0.5, 0.6) is 0 Å². The first-order valence-electron chi connectivity index (χ1n) is 22.6. The molecule has 6 heteroatoms. The molecule has 0 aliphatic carbocycles. The molecule has 5 heterocycles. The minimum atomic E-state index is 0. The molecule has 0 fully saturated rings. The average molecular weight is 1060 g/mol. The van der Waals surface area contributed by atoms with Gasteiger partial charge in [0.05, 0.1) is 5.58 Å². The van der Waals surface area contributed by atoms with Gasteiger partial charge in [0, 0.05) is 29.7 Å². The van der Waals surface area contributed by atoms with Crippen LogP contribution in [0.2, 0.25) is 0 Å². The molecule has 5 aromatic heterocycles. The molecular weight excluding hydrogens is 1010 g/mol. The van der Waals surface area contributed by atoms with Crippen molar-refractivity contribution in [2.24, 2.45) is 5.41 Å². The van der Waals surface area contributed by atoms with Crippen molar-refractivity contribution < 1.29 is 24.5 Å². The predicted molar refractivity (Wildman–Crippen MR) is 274 cm³/mol. The van der Waals surface area contributed by atoms with Crippen LogP contribution in [-0.4, -0.2) is 19.9 Å². The maximum absolute atomic E-state index is 6.08. The SMILES string of the molecule is Cc1ccc2c(n1)oc1c(-c3cc(CC(C)(C)C)ccn3)[c-]ccc12.[Ir+3].[c-]1ccccc1-c1cc(-c2ccccc2-c2ccccc2-c2ccccc2-c2cc[c-]c(-c3ccccn3)c2)ccn1. The topological polar surface area (TPSA) is 64.7 Å². The molecule has 0 aliphatic rings. The Labute approximate surface area is 412 Å². The molecule has 6 aromatic carbocycles. The van der Waals surface area contributed by atoms with Crippen LogP contribution in [0.25, 0.3) is 100 Å². The zero-order valence-electron chi connectivity index (χ0n) is 38.3. The van der Waals surface area contributed by atoms with E-state index < -0.39 is 0 Å². The van der Waals surface area contributed by atoms with Crippen molar-refractivity contribution >= 4 is 22.1 Å². The van der Waals surface area contributed by atoms with Crippen LogP contribution in [0.3, 0.4) is 0 Å². The fourth-order valence-electron chi connectivity index (χ4n) is 8.73. The van der Waals surface area contributed by atoms with E-state index in [0.29, 0.717) is 5.71 Å². The Morgan fingerprint density at radius 2 is 1.07 bits per heavy atom. The summed E-state index contributed by atoms with van der Waals surface area (Å²) in [4.78, 5) is 18.3. The minimum absolute atomic E-state index is 0. The second-order valence-electron chi connectivity index (χ2n) is 17.8. The summed E-state index contributed by atoms with van der Waals surface area (Å²) in [6.45, 7) is 8.70. The van der Waals surface area contributed by atoms with Crippen molar-refractivity contribution in [2.45, 2.75) is 34.1 Å². The molecule has 0 spiro atoms. The van der Waals surface area contributed by atoms with Gasteiger partial charge in [0.1, 0.15) is 0 Å². The Balaban J connectivity index is 0.000000190. The van der Waals surface area contributed by atoms with E-state index in [1.54, 1.807) is 0 Å². The van der Waals surface area contributed by atoms with Crippen LogP contribution >= 0.6 is 0 Å². The van der Waals surface area contributed by atoms with Crippen molar-refractivity contribution in [2.75, 3.05) is 0 Å². The molecule has 0 unspecified atom stereocenters. The molecule has 11 aromatic rings. The maximum atomic E-state index is 6.08. The van der Waals surface area contributed by atoms with Crippen molar-refractivity contribution in [3.63, 3.8) is 0 Å². The van der Waals surface area contributed by atoms with Gasteiger partial charge in [0.2, 0.25) is 5.71 Å². The number of furan rings is 1. The first kappa shape index (κ1) is 45.5. The fourth-order valence-corrected chi connectivity index (χ4v) is 8.73. The maximum Gasteiger partial charge on any atom is 3.00 e. The minimum Gasteiger partial charge on any atom is -0.486 e. The number of rotatable bonds is 8. The van der Waals surface area contributed by atoms with Crippen molar-refractivity contribution in [3.8, 4) is 78.3 Å². The molecule has 5 nitrogen and oxygen atoms in total. The fraction of sp³-hybridized carbons (Fsp3) is 0.0968. The van der Waals surface area contributed by atoms with Gasteiger partial charge >= 0.3 is 20.1 Å². The van der Waals surface area contributed by atoms with Gasteiger partial charge in [0.25, 0.3) is 0 Å². The number of benzene rings is 6. The van der Waals surface area contributed by atoms with Crippen molar-refractivity contribution in [1.29, 1.82) is 0 Å². The third-order valence-corrected chi connectivity index (χ3v) is 11.7. The molecular formula is C62H47IrN4O. The summed E-state index contributed by atoms with van der Waals surface area (Å²) in [5.74, 6) is 0. The number of aryl methyl sites for hydroxylation is 1. The second kappa shape index (κ2) is 20.1. The first-order valence-corrected chi connectivity index (χ1v) is 22.6. The zero-order valence-corrected chi connectivity index (χ0v) is 40.7. The van der Waals surface area contributed by atoms with E-state index >= 15 is 0 Å². The summed E-state index contributed by atoms with van der Waals surface area (Å²) >= 11 is 0. The molecule has 0 saturated carbocycles. The molecule has 0 amide bonds. The normalized spacial score (nSPS) is 11.2. The summed E-state index contributed by atoms with van der Waals surface area (Å²) in [7, 11) is 0. The van der Waals surface area contributed by atoms with E-state index in [2.05, 4.69) is 174 Å². The number of pyridine rings is 4. The van der Waals surface area contributed by atoms with Crippen LogP contribution in [0, 0.1) is 30.5 Å². The third-order valence-electron chi connectivity index (χ3n) is 11.7. The van der Waals surface area contributed by atoms with E-state index in [4.69, 9.17) is 4.42 Å². The van der Waals surface area contributed by atoms with Gasteiger partial charge in [-0.3, -0.25) is 0 Å². The predicted octanol–water partition coefficient (Wildman–Crippen LogP) is 15.8. The van der Waals surface area contributed by atoms with Crippen LogP contribution in [-0.2, 0) is 26.5 Å². The van der Waals surface area contributed by atoms with Gasteiger partial charge in [-0.05, 0) is 105 Å². The number of aromatic nitrogens is 4. The van der Waals surface area contributed by atoms with E-state index in [1.807, 2.05) is 92.2 Å². The zero-order chi connectivity index (χ0) is 45.7. The first-order chi connectivity index (χ1) is 32.8. The molecule has 0 aliphatic heterocycles. The van der Waals surface area contributed by atoms with E-state index in [9.17, 15) is 0 Å². The van der Waals surface area contributed by atoms with E-state index in [0.717, 1.165) is 78.9 Å². The van der Waals surface area contributed by atoms with E-state index in [1.165, 1.54) is 33.4 Å². The van der Waals surface area contributed by atoms with Gasteiger partial charge < -0.3 is 19.4 Å². The molecule has 0 radical (unpaired) electrons. The molecule has 68 heavy (non-hydrogen) atoms. The Morgan fingerprint density at radius 1 is 0.471 bits per heavy atom. The number of fused-ring (bicyclic) bond motifs is 3. The summed E-state index contributed by atoms with van der Waals surface area (Å²) in [5.41, 5.74) is 18.8. The number of hydrogen-bond donors (Lipinski definition) is 0. The molecule has 0 saturated heterocycles. The Kier molecular flexibility index (Phi) is 13.4. The Hall–Kier alpha value is -7.63. The van der Waals surface area contributed by atoms with E-state index in [-0.39, 0.29) is 25.5 Å². The standard InChI is InChI=1S/C40H26N2.C22H21N2O.Ir/c1-2-13-29(14-3-1)40-28-31(24-26-42-40)34-18-5-7-20-36(34)38-22-9-8-21-37(38)35-19-6-4-17-33(35)30-15-12-16-32(27-30)39-23-10-11-25-41-39;1-14-8-9-17-16-6-5-7-18(20(16)25-21(17)24-14)19-12-15(10-11-23-19)13-22(2,3)4;/h1-13,15,17-28H;5-6,8-12H,13H2,1-4H3;/q-2;-1;+3. The summed E-state index contributed by atoms with van der Waals surface area (Å²) < 4.78 is 6.08. The summed E-state index contributed by atoms with van der Waals surface area (Å²) in [6, 6.07) is 72.6. The number of nitrogens with zero attached hydrogens (tertiary/aromatic N) is 4. The van der Waals surface area contributed by atoms with Crippen LogP contribution in [0.4, 0.5) is 0 Å². The molecule has 0 atom stereocenters. The molecule has 0 bridgehead atoms. The molecule has 0 N–H and O–H groups in total. The number of hydrogen-bond acceptors (Lipinski definition) is 5. The molecule has 330 valence electrons. The van der Waals surface area contributed by atoms with Gasteiger partial charge in [-0.15, -0.1) is 89.5 Å². The Bertz CT molecular complexity index is 3360. The van der Waals surface area contributed by atoms with Crippen molar-refractivity contribution in [3.05, 3.63) is 230 Å². The van der Waals surface area contributed by atoms with Gasteiger partial charge in [-0.25, -0.2) is 4.98 Å². The van der Waals surface area contributed by atoms with Crippen molar-refractivity contribution in [1.82, 2.24) is 19.9 Å². The Morgan fingerprint density at radius 3 is 1.75 bits per heavy atom. The van der Waals surface area contributed by atoms with Gasteiger partial charge in [0.15, 0.2) is 0 Å². The third kappa shape index (κ3) is 9.89. The van der Waals surface area contributed by atoms with Gasteiger partial charge in [-0.2, -0.15) is 0 Å². The second-order valence-corrected chi connectivity index (χ2v) is 17.8. The monoisotopic (exact) mass is 1060 g/mol. The van der Waals surface area contributed by atoms with Crippen LogP contribution < -0.4 is 0 Å².